The van der Waals surface area contributed by atoms with Gasteiger partial charge in [0.05, 0.1) is 26.3 Å². The molecular weight excluding hydrogens is 272 g/mol. The molecule has 6 unspecified atom stereocenters. The SMILES string of the molecule is CC1C(C)N(CCCN2C(C)C(C)[N+](C)(C)C2C)C(C)N1C. The van der Waals surface area contributed by atoms with Crippen molar-refractivity contribution in [3.8, 4) is 0 Å². The van der Waals surface area contributed by atoms with Gasteiger partial charge in [-0.3, -0.25) is 9.80 Å². The molecule has 0 radical (unpaired) electrons. The number of hydrogen-bond acceptors (Lipinski definition) is 3. The van der Waals surface area contributed by atoms with Gasteiger partial charge in [0.15, 0.2) is 0 Å². The van der Waals surface area contributed by atoms with Crippen LogP contribution < -0.4 is 0 Å². The van der Waals surface area contributed by atoms with E-state index in [0.717, 1.165) is 4.48 Å². The summed E-state index contributed by atoms with van der Waals surface area (Å²) in [6.07, 6.45) is 2.47. The van der Waals surface area contributed by atoms with Crippen LogP contribution in [0, 0.1) is 0 Å². The van der Waals surface area contributed by atoms with Gasteiger partial charge in [-0.05, 0) is 48.1 Å². The van der Waals surface area contributed by atoms with Gasteiger partial charge < -0.3 is 4.48 Å². The summed E-state index contributed by atoms with van der Waals surface area (Å²) in [4.78, 5) is 7.91. The fourth-order valence-corrected chi connectivity index (χ4v) is 4.64. The molecule has 0 saturated carbocycles. The molecule has 2 aliphatic rings. The first-order valence-corrected chi connectivity index (χ1v) is 9.17. The maximum Gasteiger partial charge on any atom is 0.142 e. The van der Waals surface area contributed by atoms with E-state index >= 15 is 0 Å². The maximum atomic E-state index is 2.73. The molecular formula is C18H39N4+. The van der Waals surface area contributed by atoms with Gasteiger partial charge in [-0.15, -0.1) is 0 Å². The van der Waals surface area contributed by atoms with Crippen molar-refractivity contribution < 1.29 is 4.48 Å². The van der Waals surface area contributed by atoms with Crippen molar-refractivity contribution in [2.24, 2.45) is 0 Å². The third-order valence-corrected chi connectivity index (χ3v) is 7.48. The molecule has 6 atom stereocenters. The molecule has 2 heterocycles. The molecule has 0 aromatic rings. The van der Waals surface area contributed by atoms with Crippen LogP contribution in [-0.4, -0.2) is 89.9 Å². The zero-order chi connectivity index (χ0) is 16.8. The Morgan fingerprint density at radius 2 is 1.32 bits per heavy atom. The second-order valence-corrected chi connectivity index (χ2v) is 8.35. The Balaban J connectivity index is 1.89. The first-order chi connectivity index (χ1) is 10.1. The van der Waals surface area contributed by atoms with Crippen molar-refractivity contribution in [3.63, 3.8) is 0 Å². The third kappa shape index (κ3) is 2.83. The first kappa shape index (κ1) is 18.2. The van der Waals surface area contributed by atoms with Gasteiger partial charge in [0, 0.05) is 32.1 Å². The van der Waals surface area contributed by atoms with Crippen LogP contribution in [0.3, 0.4) is 0 Å². The molecule has 22 heavy (non-hydrogen) atoms. The van der Waals surface area contributed by atoms with Crippen molar-refractivity contribution in [1.29, 1.82) is 0 Å². The standard InChI is InChI=1S/C18H39N4/c1-13-14(2)20(17(5)19(13)7)11-10-12-21-15(3)16(4)22(8,9)18(21)6/h13-18H,10-12H2,1-9H3/q+1. The lowest BCUT2D eigenvalue weighted by atomic mass is 10.1. The number of quaternary nitrogens is 1. The summed E-state index contributed by atoms with van der Waals surface area (Å²) in [5, 5.41) is 0. The van der Waals surface area contributed by atoms with E-state index in [4.69, 9.17) is 0 Å². The molecule has 0 aliphatic carbocycles. The average molecular weight is 312 g/mol. The van der Waals surface area contributed by atoms with Gasteiger partial charge in [-0.2, -0.15) is 0 Å². The zero-order valence-corrected chi connectivity index (χ0v) is 16.4. The summed E-state index contributed by atoms with van der Waals surface area (Å²) < 4.78 is 1.12. The molecule has 0 spiro atoms. The smallest absolute Gasteiger partial charge is 0.142 e. The van der Waals surface area contributed by atoms with E-state index in [9.17, 15) is 0 Å². The van der Waals surface area contributed by atoms with Crippen LogP contribution in [-0.2, 0) is 0 Å². The van der Waals surface area contributed by atoms with Gasteiger partial charge in [0.25, 0.3) is 0 Å². The Bertz CT molecular complexity index is 369. The van der Waals surface area contributed by atoms with Crippen LogP contribution in [0.4, 0.5) is 0 Å². The van der Waals surface area contributed by atoms with Crippen LogP contribution in [0.1, 0.15) is 48.0 Å². The highest BCUT2D eigenvalue weighted by molar-refractivity contribution is 4.91. The summed E-state index contributed by atoms with van der Waals surface area (Å²) in [5.41, 5.74) is 0. The molecule has 0 amide bonds. The normalized spacial score (nSPS) is 44.0. The number of rotatable bonds is 4. The minimum absolute atomic E-state index is 0.574. The minimum atomic E-state index is 0.574. The maximum absolute atomic E-state index is 2.73. The summed E-state index contributed by atoms with van der Waals surface area (Å²) in [6, 6.07) is 2.72. The van der Waals surface area contributed by atoms with Gasteiger partial charge in [-0.1, -0.05) is 0 Å². The lowest BCUT2D eigenvalue weighted by Gasteiger charge is -2.35. The Hall–Kier alpha value is -0.160. The predicted molar refractivity (Wildman–Crippen MR) is 94.7 cm³/mol. The van der Waals surface area contributed by atoms with Crippen molar-refractivity contribution >= 4 is 0 Å². The van der Waals surface area contributed by atoms with E-state index in [1.54, 1.807) is 0 Å². The highest BCUT2D eigenvalue weighted by atomic mass is 15.5. The molecule has 0 aromatic carbocycles. The Kier molecular flexibility index (Phi) is 5.28. The fourth-order valence-electron chi connectivity index (χ4n) is 4.64. The van der Waals surface area contributed by atoms with Crippen LogP contribution in [0.5, 0.6) is 0 Å². The minimum Gasteiger partial charge on any atom is -0.310 e. The van der Waals surface area contributed by atoms with E-state index in [0.29, 0.717) is 36.5 Å². The van der Waals surface area contributed by atoms with Crippen LogP contribution >= 0.6 is 0 Å². The number of nitrogens with zero attached hydrogens (tertiary/aromatic N) is 4. The van der Waals surface area contributed by atoms with Gasteiger partial charge in [0.2, 0.25) is 0 Å². The van der Waals surface area contributed by atoms with E-state index in [2.05, 4.69) is 77.4 Å². The topological polar surface area (TPSA) is 9.72 Å². The van der Waals surface area contributed by atoms with Crippen molar-refractivity contribution in [1.82, 2.24) is 14.7 Å². The molecule has 0 aromatic heterocycles. The Morgan fingerprint density at radius 3 is 1.73 bits per heavy atom. The summed E-state index contributed by atoms with van der Waals surface area (Å²) >= 11 is 0. The predicted octanol–water partition coefficient (Wildman–Crippen LogP) is 2.26. The van der Waals surface area contributed by atoms with Gasteiger partial charge in [-0.25, -0.2) is 4.90 Å². The molecule has 0 N–H and O–H groups in total. The second kappa shape index (κ2) is 6.39. The molecule has 2 fully saturated rings. The molecule has 130 valence electrons. The second-order valence-electron chi connectivity index (χ2n) is 8.35. The van der Waals surface area contributed by atoms with E-state index in [1.807, 2.05) is 0 Å². The summed E-state index contributed by atoms with van der Waals surface area (Å²) in [7, 11) is 7.03. The van der Waals surface area contributed by atoms with Crippen molar-refractivity contribution in [2.45, 2.75) is 84.5 Å². The summed E-state index contributed by atoms with van der Waals surface area (Å²) in [6.45, 7) is 16.7. The molecule has 4 heteroatoms. The third-order valence-electron chi connectivity index (χ3n) is 7.48. The molecule has 2 rings (SSSR count). The van der Waals surface area contributed by atoms with E-state index in [1.165, 1.54) is 19.5 Å². The highest BCUT2D eigenvalue weighted by Gasteiger charge is 2.48. The summed E-state index contributed by atoms with van der Waals surface area (Å²) in [5.74, 6) is 0. The molecule has 4 nitrogen and oxygen atoms in total. The van der Waals surface area contributed by atoms with Gasteiger partial charge in [0.1, 0.15) is 12.2 Å². The molecule has 2 saturated heterocycles. The fraction of sp³-hybridized carbons (Fsp3) is 1.00. The monoisotopic (exact) mass is 311 g/mol. The number of hydrogen-bond donors (Lipinski definition) is 0. The van der Waals surface area contributed by atoms with E-state index < -0.39 is 0 Å². The van der Waals surface area contributed by atoms with Gasteiger partial charge >= 0.3 is 0 Å². The van der Waals surface area contributed by atoms with Crippen LogP contribution in [0.25, 0.3) is 0 Å². The average Bonchev–Trinajstić information content (AvgIpc) is 2.74. The largest absolute Gasteiger partial charge is 0.310 e. The highest BCUT2D eigenvalue weighted by Crippen LogP contribution is 2.31. The zero-order valence-electron chi connectivity index (χ0n) is 16.4. The van der Waals surface area contributed by atoms with Crippen molar-refractivity contribution in [2.75, 3.05) is 34.2 Å². The van der Waals surface area contributed by atoms with E-state index in [-0.39, 0.29) is 0 Å². The molecule has 2 aliphatic heterocycles. The number of likely N-dealkylation sites (N-methyl/N-ethyl adjacent to an activating group) is 2. The molecule has 0 bridgehead atoms. The Labute approximate surface area is 138 Å². The van der Waals surface area contributed by atoms with Crippen LogP contribution in [0.15, 0.2) is 0 Å². The Morgan fingerprint density at radius 1 is 0.773 bits per heavy atom. The lowest BCUT2D eigenvalue weighted by Crippen LogP contribution is -2.50. The van der Waals surface area contributed by atoms with Crippen LogP contribution in [0.2, 0.25) is 0 Å². The quantitative estimate of drug-likeness (QED) is 0.738. The lowest BCUT2D eigenvalue weighted by molar-refractivity contribution is -0.927. The van der Waals surface area contributed by atoms with Crippen molar-refractivity contribution in [3.05, 3.63) is 0 Å². The first-order valence-electron chi connectivity index (χ1n) is 9.17.